The highest BCUT2D eigenvalue weighted by Crippen LogP contribution is 2.29. The molecule has 1 saturated heterocycles. The molecule has 102 valence electrons. The highest BCUT2D eigenvalue weighted by atomic mass is 15.3. The second-order valence-corrected chi connectivity index (χ2v) is 6.51. The maximum absolute atomic E-state index is 3.77. The average Bonchev–Trinajstić information content (AvgIpc) is 2.34. The van der Waals surface area contributed by atoms with Crippen LogP contribution in [0.1, 0.15) is 60.8 Å². The van der Waals surface area contributed by atoms with Gasteiger partial charge in [-0.3, -0.25) is 4.90 Å². The predicted octanol–water partition coefficient (Wildman–Crippen LogP) is 3.28. The molecule has 2 nitrogen and oxygen atoms in total. The van der Waals surface area contributed by atoms with Gasteiger partial charge in [-0.05, 0) is 32.6 Å². The van der Waals surface area contributed by atoms with Gasteiger partial charge >= 0.3 is 0 Å². The maximum Gasteiger partial charge on any atom is 0.0304 e. The van der Waals surface area contributed by atoms with Crippen molar-refractivity contribution < 1.29 is 0 Å². The summed E-state index contributed by atoms with van der Waals surface area (Å²) in [6.45, 7) is 17.6. The molecular formula is C15H32N2. The molecule has 0 bridgehead atoms. The summed E-state index contributed by atoms with van der Waals surface area (Å²) in [6, 6.07) is 0. The third-order valence-corrected chi connectivity index (χ3v) is 4.97. The molecule has 0 radical (unpaired) electrons. The lowest BCUT2D eigenvalue weighted by molar-refractivity contribution is 0.00683. The van der Waals surface area contributed by atoms with Crippen LogP contribution in [0.3, 0.4) is 0 Å². The Morgan fingerprint density at radius 3 is 2.29 bits per heavy atom. The SMILES string of the molecule is CCC(C)CN1CC(C)(CC)NCC1(C)CC. The summed E-state index contributed by atoms with van der Waals surface area (Å²) in [5.41, 5.74) is 0.653. The van der Waals surface area contributed by atoms with Gasteiger partial charge in [0.15, 0.2) is 0 Å². The van der Waals surface area contributed by atoms with Crippen molar-refractivity contribution in [2.24, 2.45) is 5.92 Å². The van der Waals surface area contributed by atoms with Crippen LogP contribution in [0.5, 0.6) is 0 Å². The summed E-state index contributed by atoms with van der Waals surface area (Å²) < 4.78 is 0. The Balaban J connectivity index is 2.76. The van der Waals surface area contributed by atoms with Crippen LogP contribution in [0.2, 0.25) is 0 Å². The molecule has 0 aliphatic carbocycles. The second kappa shape index (κ2) is 5.71. The summed E-state index contributed by atoms with van der Waals surface area (Å²) >= 11 is 0. The highest BCUT2D eigenvalue weighted by Gasteiger charge is 2.40. The summed E-state index contributed by atoms with van der Waals surface area (Å²) in [5.74, 6) is 0.806. The van der Waals surface area contributed by atoms with Gasteiger partial charge in [-0.2, -0.15) is 0 Å². The quantitative estimate of drug-likeness (QED) is 0.793. The molecule has 1 heterocycles. The first-order chi connectivity index (χ1) is 7.89. The molecule has 1 N–H and O–H groups in total. The van der Waals surface area contributed by atoms with Crippen LogP contribution in [0.4, 0.5) is 0 Å². The minimum atomic E-state index is 0.308. The van der Waals surface area contributed by atoms with Crippen LogP contribution in [0.15, 0.2) is 0 Å². The second-order valence-electron chi connectivity index (χ2n) is 6.51. The monoisotopic (exact) mass is 240 g/mol. The van der Waals surface area contributed by atoms with E-state index in [2.05, 4.69) is 51.8 Å². The smallest absolute Gasteiger partial charge is 0.0304 e. The Bertz CT molecular complexity index is 241. The van der Waals surface area contributed by atoms with Gasteiger partial charge in [0.2, 0.25) is 0 Å². The fourth-order valence-electron chi connectivity index (χ4n) is 2.56. The van der Waals surface area contributed by atoms with E-state index in [-0.39, 0.29) is 0 Å². The van der Waals surface area contributed by atoms with Crippen molar-refractivity contribution in [3.05, 3.63) is 0 Å². The lowest BCUT2D eigenvalue weighted by Gasteiger charge is -2.52. The Hall–Kier alpha value is -0.0800. The van der Waals surface area contributed by atoms with Crippen LogP contribution in [0.25, 0.3) is 0 Å². The number of hydrogen-bond acceptors (Lipinski definition) is 2. The topological polar surface area (TPSA) is 15.3 Å². The summed E-state index contributed by atoms with van der Waals surface area (Å²) in [5, 5.41) is 3.77. The van der Waals surface area contributed by atoms with Crippen LogP contribution < -0.4 is 5.32 Å². The summed E-state index contributed by atoms with van der Waals surface area (Å²) in [7, 11) is 0. The molecule has 2 heteroatoms. The minimum Gasteiger partial charge on any atom is -0.308 e. The predicted molar refractivity (Wildman–Crippen MR) is 76.4 cm³/mol. The van der Waals surface area contributed by atoms with E-state index in [1.807, 2.05) is 0 Å². The van der Waals surface area contributed by atoms with Gasteiger partial charge in [0, 0.05) is 30.7 Å². The number of piperazine rings is 1. The van der Waals surface area contributed by atoms with Crippen molar-refractivity contribution in [3.8, 4) is 0 Å². The Morgan fingerprint density at radius 1 is 1.18 bits per heavy atom. The van der Waals surface area contributed by atoms with Crippen LogP contribution in [0, 0.1) is 5.92 Å². The van der Waals surface area contributed by atoms with Gasteiger partial charge in [-0.1, -0.05) is 34.1 Å². The Morgan fingerprint density at radius 2 is 1.82 bits per heavy atom. The third kappa shape index (κ3) is 3.45. The lowest BCUT2D eigenvalue weighted by Crippen LogP contribution is -2.68. The van der Waals surface area contributed by atoms with Crippen LogP contribution in [-0.4, -0.2) is 35.6 Å². The Labute approximate surface area is 108 Å². The van der Waals surface area contributed by atoms with E-state index >= 15 is 0 Å². The molecule has 0 aromatic carbocycles. The van der Waals surface area contributed by atoms with Crippen molar-refractivity contribution in [1.82, 2.24) is 10.2 Å². The summed E-state index contributed by atoms with van der Waals surface area (Å²) in [4.78, 5) is 2.74. The molecule has 0 saturated carbocycles. The first-order valence-corrected chi connectivity index (χ1v) is 7.39. The van der Waals surface area contributed by atoms with Gasteiger partial charge in [-0.25, -0.2) is 0 Å². The molecule has 3 unspecified atom stereocenters. The van der Waals surface area contributed by atoms with E-state index < -0.39 is 0 Å². The number of hydrogen-bond donors (Lipinski definition) is 1. The first-order valence-electron chi connectivity index (χ1n) is 7.39. The minimum absolute atomic E-state index is 0.308. The van der Waals surface area contributed by atoms with E-state index in [9.17, 15) is 0 Å². The van der Waals surface area contributed by atoms with Gasteiger partial charge in [-0.15, -0.1) is 0 Å². The average molecular weight is 240 g/mol. The normalized spacial score (nSPS) is 37.1. The standard InChI is InChI=1S/C15H32N2/c1-7-13(4)10-17-12-14(5,8-2)16-11-15(17,6)9-3/h13,16H,7-12H2,1-6H3. The van der Waals surface area contributed by atoms with Crippen molar-refractivity contribution in [3.63, 3.8) is 0 Å². The van der Waals surface area contributed by atoms with Crippen LogP contribution in [-0.2, 0) is 0 Å². The zero-order chi connectivity index (χ0) is 13.1. The third-order valence-electron chi connectivity index (χ3n) is 4.97. The van der Waals surface area contributed by atoms with Gasteiger partial charge in [0.1, 0.15) is 0 Å². The molecule has 0 aromatic rings. The van der Waals surface area contributed by atoms with Gasteiger partial charge in [0.05, 0.1) is 0 Å². The Kier molecular flexibility index (Phi) is 5.03. The molecule has 17 heavy (non-hydrogen) atoms. The van der Waals surface area contributed by atoms with E-state index in [4.69, 9.17) is 0 Å². The number of nitrogens with one attached hydrogen (secondary N) is 1. The summed E-state index contributed by atoms with van der Waals surface area (Å²) in [6.07, 6.45) is 3.73. The van der Waals surface area contributed by atoms with E-state index in [0.717, 1.165) is 12.5 Å². The van der Waals surface area contributed by atoms with Gasteiger partial charge < -0.3 is 5.32 Å². The molecule has 1 fully saturated rings. The molecule has 3 atom stereocenters. The molecule has 1 aliphatic rings. The molecule has 0 spiro atoms. The van der Waals surface area contributed by atoms with Crippen LogP contribution >= 0.6 is 0 Å². The molecule has 0 amide bonds. The van der Waals surface area contributed by atoms with E-state index in [1.165, 1.54) is 32.4 Å². The lowest BCUT2D eigenvalue weighted by atomic mass is 9.85. The van der Waals surface area contributed by atoms with E-state index in [1.54, 1.807) is 0 Å². The molecular weight excluding hydrogens is 208 g/mol. The number of rotatable bonds is 5. The van der Waals surface area contributed by atoms with Crippen molar-refractivity contribution in [2.75, 3.05) is 19.6 Å². The first kappa shape index (κ1) is 15.0. The fourth-order valence-corrected chi connectivity index (χ4v) is 2.56. The zero-order valence-corrected chi connectivity index (χ0v) is 12.8. The van der Waals surface area contributed by atoms with E-state index in [0.29, 0.717) is 11.1 Å². The number of nitrogens with zero attached hydrogens (tertiary/aromatic N) is 1. The molecule has 0 aromatic heterocycles. The maximum atomic E-state index is 3.77. The van der Waals surface area contributed by atoms with Gasteiger partial charge in [0.25, 0.3) is 0 Å². The van der Waals surface area contributed by atoms with Crippen molar-refractivity contribution in [1.29, 1.82) is 0 Å². The van der Waals surface area contributed by atoms with Crippen molar-refractivity contribution in [2.45, 2.75) is 71.9 Å². The molecule has 1 rings (SSSR count). The fraction of sp³-hybridized carbons (Fsp3) is 1.00. The molecule has 1 aliphatic heterocycles. The zero-order valence-electron chi connectivity index (χ0n) is 12.8. The van der Waals surface area contributed by atoms with Crippen molar-refractivity contribution >= 4 is 0 Å². The largest absolute Gasteiger partial charge is 0.308 e. The highest BCUT2D eigenvalue weighted by molar-refractivity contribution is 5.00.